The van der Waals surface area contributed by atoms with Gasteiger partial charge in [-0.1, -0.05) is 0 Å². The molecule has 3 N–H and O–H groups in total. The number of rotatable bonds is 2. The first-order valence-electron chi connectivity index (χ1n) is 5.48. The summed E-state index contributed by atoms with van der Waals surface area (Å²) >= 11 is 0. The maximum absolute atomic E-state index is 9.74. The van der Waals surface area contributed by atoms with E-state index >= 15 is 0 Å². The number of aromatic nitrogens is 4. The first-order chi connectivity index (χ1) is 8.72. The van der Waals surface area contributed by atoms with Crippen LogP contribution in [0.15, 0.2) is 12.7 Å². The van der Waals surface area contributed by atoms with Crippen LogP contribution in [0.5, 0.6) is 0 Å². The smallest absolute Gasteiger partial charge is 0.167 e. The van der Waals surface area contributed by atoms with Crippen LogP contribution in [0, 0.1) is 0 Å². The van der Waals surface area contributed by atoms with Crippen molar-refractivity contribution in [1.29, 1.82) is 0 Å². The summed E-state index contributed by atoms with van der Waals surface area (Å²) in [7, 11) is 1.53. The van der Waals surface area contributed by atoms with E-state index < -0.39 is 18.4 Å². The standard InChI is InChI=1S/C10H13N5O3/c1-17-7-5(16)2-18-10(7)15-4-14-6-8(11)12-3-13-9(6)15/h3-5,7,10,16H,2H2,1H3,(H2,11,12,13)/t5-,7+,10?/m1/s1. The fraction of sp³-hybridized carbons (Fsp3) is 0.500. The molecule has 3 atom stereocenters. The molecule has 0 saturated carbocycles. The number of methoxy groups -OCH3 is 1. The number of ether oxygens (including phenoxy) is 2. The van der Waals surface area contributed by atoms with Gasteiger partial charge in [0.1, 0.15) is 24.1 Å². The Morgan fingerprint density at radius 2 is 2.33 bits per heavy atom. The van der Waals surface area contributed by atoms with E-state index in [9.17, 15) is 5.11 Å². The molecule has 18 heavy (non-hydrogen) atoms. The minimum Gasteiger partial charge on any atom is -0.388 e. The van der Waals surface area contributed by atoms with Crippen molar-refractivity contribution in [1.82, 2.24) is 19.5 Å². The fourth-order valence-electron chi connectivity index (χ4n) is 2.15. The molecule has 0 radical (unpaired) electrons. The molecule has 1 aliphatic heterocycles. The SMILES string of the molecule is CO[C@@H]1C(n2cnc3c(N)ncnc32)OC[C@H]1O. The van der Waals surface area contributed by atoms with Crippen molar-refractivity contribution in [2.45, 2.75) is 18.4 Å². The van der Waals surface area contributed by atoms with Crippen LogP contribution in [0.25, 0.3) is 11.2 Å². The Bertz CT molecular complexity index is 572. The minimum absolute atomic E-state index is 0.212. The summed E-state index contributed by atoms with van der Waals surface area (Å²) < 4.78 is 12.4. The van der Waals surface area contributed by atoms with Gasteiger partial charge < -0.3 is 20.3 Å². The molecule has 0 bridgehead atoms. The molecule has 0 aliphatic carbocycles. The maximum Gasteiger partial charge on any atom is 0.167 e. The predicted octanol–water partition coefficient (Wildman–Crippen LogP) is -0.687. The van der Waals surface area contributed by atoms with Crippen LogP contribution in [0.2, 0.25) is 0 Å². The number of hydrogen-bond donors (Lipinski definition) is 2. The van der Waals surface area contributed by atoms with E-state index in [1.807, 2.05) is 0 Å². The Labute approximate surface area is 102 Å². The van der Waals surface area contributed by atoms with Crippen molar-refractivity contribution >= 4 is 17.0 Å². The van der Waals surface area contributed by atoms with Crippen molar-refractivity contribution in [3.05, 3.63) is 12.7 Å². The Kier molecular flexibility index (Phi) is 2.62. The quantitative estimate of drug-likeness (QED) is 0.727. The van der Waals surface area contributed by atoms with Crippen LogP contribution in [0.3, 0.4) is 0 Å². The van der Waals surface area contributed by atoms with Crippen LogP contribution < -0.4 is 5.73 Å². The van der Waals surface area contributed by atoms with Gasteiger partial charge in [0.25, 0.3) is 0 Å². The highest BCUT2D eigenvalue weighted by molar-refractivity contribution is 5.81. The summed E-state index contributed by atoms with van der Waals surface area (Å²) in [6.45, 7) is 0.212. The minimum atomic E-state index is -0.670. The molecule has 1 unspecified atom stereocenters. The summed E-state index contributed by atoms with van der Waals surface area (Å²) in [6, 6.07) is 0. The van der Waals surface area contributed by atoms with E-state index in [0.29, 0.717) is 17.0 Å². The Morgan fingerprint density at radius 3 is 3.11 bits per heavy atom. The highest BCUT2D eigenvalue weighted by atomic mass is 16.6. The van der Waals surface area contributed by atoms with Gasteiger partial charge in [0.2, 0.25) is 0 Å². The van der Waals surface area contributed by atoms with Gasteiger partial charge >= 0.3 is 0 Å². The molecule has 0 spiro atoms. The van der Waals surface area contributed by atoms with Crippen LogP contribution >= 0.6 is 0 Å². The zero-order valence-corrected chi connectivity index (χ0v) is 9.72. The normalized spacial score (nSPS) is 28.0. The second-order valence-electron chi connectivity index (χ2n) is 4.07. The zero-order chi connectivity index (χ0) is 12.7. The highest BCUT2D eigenvalue weighted by Crippen LogP contribution is 2.29. The zero-order valence-electron chi connectivity index (χ0n) is 9.72. The average Bonchev–Trinajstić information content (AvgIpc) is 2.93. The van der Waals surface area contributed by atoms with Crippen molar-refractivity contribution in [2.75, 3.05) is 19.5 Å². The highest BCUT2D eigenvalue weighted by Gasteiger charge is 2.38. The van der Waals surface area contributed by atoms with Crippen LogP contribution in [0.4, 0.5) is 5.82 Å². The molecule has 0 amide bonds. The second kappa shape index (κ2) is 4.16. The molecule has 1 saturated heterocycles. The largest absolute Gasteiger partial charge is 0.388 e. The lowest BCUT2D eigenvalue weighted by atomic mass is 10.2. The van der Waals surface area contributed by atoms with Gasteiger partial charge in [-0.25, -0.2) is 15.0 Å². The van der Waals surface area contributed by atoms with Crippen LogP contribution in [-0.4, -0.2) is 50.6 Å². The number of aliphatic hydroxyl groups excluding tert-OH is 1. The third-order valence-electron chi connectivity index (χ3n) is 3.03. The van der Waals surface area contributed by atoms with E-state index in [1.165, 1.54) is 13.4 Å². The molecule has 3 heterocycles. The Hall–Kier alpha value is -1.77. The van der Waals surface area contributed by atoms with Crippen molar-refractivity contribution in [2.24, 2.45) is 0 Å². The number of imidazole rings is 1. The second-order valence-corrected chi connectivity index (χ2v) is 4.07. The van der Waals surface area contributed by atoms with Crippen molar-refractivity contribution in [3.63, 3.8) is 0 Å². The lowest BCUT2D eigenvalue weighted by Crippen LogP contribution is -2.30. The van der Waals surface area contributed by atoms with Gasteiger partial charge in [0.15, 0.2) is 17.7 Å². The molecule has 3 rings (SSSR count). The molecular formula is C10H13N5O3. The molecule has 2 aromatic rings. The summed E-state index contributed by atoms with van der Waals surface area (Å²) in [4.78, 5) is 12.2. The van der Waals surface area contributed by atoms with Crippen molar-refractivity contribution in [3.8, 4) is 0 Å². The molecule has 1 fully saturated rings. The molecule has 1 aliphatic rings. The van der Waals surface area contributed by atoms with Crippen LogP contribution in [0.1, 0.15) is 6.23 Å². The number of nitrogens with two attached hydrogens (primary N) is 1. The number of aliphatic hydroxyl groups is 1. The predicted molar refractivity (Wildman–Crippen MR) is 61.5 cm³/mol. The molecule has 96 valence electrons. The van der Waals surface area contributed by atoms with E-state index in [-0.39, 0.29) is 6.61 Å². The first kappa shape index (κ1) is 11.3. The topological polar surface area (TPSA) is 108 Å². The van der Waals surface area contributed by atoms with Gasteiger partial charge in [-0.2, -0.15) is 0 Å². The molecule has 8 heteroatoms. The monoisotopic (exact) mass is 251 g/mol. The van der Waals surface area contributed by atoms with Gasteiger partial charge in [0.05, 0.1) is 12.9 Å². The Morgan fingerprint density at radius 1 is 1.50 bits per heavy atom. The summed E-state index contributed by atoms with van der Waals surface area (Å²) in [6.07, 6.45) is 1.33. The number of hydrogen-bond acceptors (Lipinski definition) is 7. The van der Waals surface area contributed by atoms with E-state index in [1.54, 1.807) is 10.9 Å². The summed E-state index contributed by atoms with van der Waals surface area (Å²) in [5.41, 5.74) is 6.78. The lowest BCUT2D eigenvalue weighted by molar-refractivity contribution is -0.0414. The van der Waals surface area contributed by atoms with Gasteiger partial charge in [-0.15, -0.1) is 0 Å². The van der Waals surface area contributed by atoms with E-state index in [2.05, 4.69) is 15.0 Å². The number of fused-ring (bicyclic) bond motifs is 1. The fourth-order valence-corrected chi connectivity index (χ4v) is 2.15. The van der Waals surface area contributed by atoms with Gasteiger partial charge in [0, 0.05) is 7.11 Å². The van der Waals surface area contributed by atoms with E-state index in [4.69, 9.17) is 15.2 Å². The van der Waals surface area contributed by atoms with Gasteiger partial charge in [-0.05, 0) is 0 Å². The third kappa shape index (κ3) is 1.54. The molecule has 2 aromatic heterocycles. The summed E-state index contributed by atoms with van der Waals surface area (Å²) in [5.74, 6) is 0.311. The average molecular weight is 251 g/mol. The number of nitrogen functional groups attached to an aromatic ring is 1. The molecule has 8 nitrogen and oxygen atoms in total. The number of nitrogens with zero attached hydrogens (tertiary/aromatic N) is 4. The maximum atomic E-state index is 9.74. The third-order valence-corrected chi connectivity index (χ3v) is 3.03. The van der Waals surface area contributed by atoms with Crippen molar-refractivity contribution < 1.29 is 14.6 Å². The van der Waals surface area contributed by atoms with Crippen LogP contribution in [-0.2, 0) is 9.47 Å². The molecular weight excluding hydrogens is 238 g/mol. The summed E-state index contributed by atoms with van der Waals surface area (Å²) in [5, 5.41) is 9.74. The van der Waals surface area contributed by atoms with Gasteiger partial charge in [-0.3, -0.25) is 4.57 Å². The Balaban J connectivity index is 2.07. The van der Waals surface area contributed by atoms with E-state index in [0.717, 1.165) is 0 Å². The first-order valence-corrected chi connectivity index (χ1v) is 5.48. The molecule has 0 aromatic carbocycles. The number of anilines is 1. The lowest BCUT2D eigenvalue weighted by Gasteiger charge is -2.19.